The van der Waals surface area contributed by atoms with Gasteiger partial charge in [0.25, 0.3) is 11.8 Å². The Hall–Kier alpha value is -1.80. The van der Waals surface area contributed by atoms with Crippen LogP contribution in [0.3, 0.4) is 0 Å². The molecule has 1 aliphatic rings. The highest BCUT2D eigenvalue weighted by atomic mass is 79.9. The standard InChI is InChI=1S/C16H13BrF2N2O2S/c17-10-4-9-24-14(10)16(23)21-7-5-20(6-8-21)15(22)13-11(18)2-1-3-12(13)19/h1-4,9H,5-8H2. The van der Waals surface area contributed by atoms with Gasteiger partial charge in [0, 0.05) is 30.7 Å². The smallest absolute Gasteiger partial charge is 0.265 e. The molecular weight excluding hydrogens is 402 g/mol. The van der Waals surface area contributed by atoms with E-state index < -0.39 is 23.1 Å². The van der Waals surface area contributed by atoms with Gasteiger partial charge >= 0.3 is 0 Å². The normalized spacial score (nSPS) is 14.8. The van der Waals surface area contributed by atoms with Crippen LogP contribution >= 0.6 is 27.3 Å². The minimum absolute atomic E-state index is 0.110. The van der Waals surface area contributed by atoms with Gasteiger partial charge in [0.2, 0.25) is 0 Å². The molecule has 1 fully saturated rings. The molecule has 0 N–H and O–H groups in total. The van der Waals surface area contributed by atoms with Crippen LogP contribution in [0.15, 0.2) is 34.1 Å². The van der Waals surface area contributed by atoms with E-state index in [0.717, 1.165) is 16.6 Å². The van der Waals surface area contributed by atoms with Gasteiger partial charge in [-0.3, -0.25) is 9.59 Å². The number of carbonyl (C=O) groups is 2. The number of piperazine rings is 1. The van der Waals surface area contributed by atoms with Crippen molar-refractivity contribution in [2.45, 2.75) is 0 Å². The molecule has 0 unspecified atom stereocenters. The van der Waals surface area contributed by atoms with E-state index in [9.17, 15) is 18.4 Å². The summed E-state index contributed by atoms with van der Waals surface area (Å²) in [6, 6.07) is 5.14. The Balaban J connectivity index is 1.68. The molecule has 0 atom stereocenters. The van der Waals surface area contributed by atoms with Crippen LogP contribution in [0.1, 0.15) is 20.0 Å². The van der Waals surface area contributed by atoms with E-state index in [1.54, 1.807) is 11.0 Å². The van der Waals surface area contributed by atoms with Crippen molar-refractivity contribution in [3.05, 3.63) is 56.2 Å². The van der Waals surface area contributed by atoms with E-state index in [0.29, 0.717) is 18.0 Å². The summed E-state index contributed by atoms with van der Waals surface area (Å²) in [6.07, 6.45) is 0. The van der Waals surface area contributed by atoms with Crippen molar-refractivity contribution < 1.29 is 18.4 Å². The van der Waals surface area contributed by atoms with Gasteiger partial charge in [0.05, 0.1) is 0 Å². The maximum Gasteiger partial charge on any atom is 0.265 e. The van der Waals surface area contributed by atoms with Crippen molar-refractivity contribution in [3.63, 3.8) is 0 Å². The molecule has 0 bridgehead atoms. The second-order valence-corrected chi connectivity index (χ2v) is 7.05. The van der Waals surface area contributed by atoms with Crippen LogP contribution in [0.4, 0.5) is 8.78 Å². The number of benzene rings is 1. The summed E-state index contributed by atoms with van der Waals surface area (Å²) in [5.74, 6) is -2.54. The van der Waals surface area contributed by atoms with Crippen LogP contribution < -0.4 is 0 Å². The van der Waals surface area contributed by atoms with Gasteiger partial charge in [-0.15, -0.1) is 11.3 Å². The van der Waals surface area contributed by atoms with Crippen molar-refractivity contribution in [3.8, 4) is 0 Å². The van der Waals surface area contributed by atoms with Crippen molar-refractivity contribution in [2.75, 3.05) is 26.2 Å². The molecule has 1 aromatic carbocycles. The summed E-state index contributed by atoms with van der Waals surface area (Å²) in [5.41, 5.74) is -0.543. The van der Waals surface area contributed by atoms with Gasteiger partial charge in [0.15, 0.2) is 0 Å². The maximum atomic E-state index is 13.7. The number of nitrogens with zero attached hydrogens (tertiary/aromatic N) is 2. The average Bonchev–Trinajstić information content (AvgIpc) is 3.00. The molecule has 24 heavy (non-hydrogen) atoms. The third kappa shape index (κ3) is 3.21. The largest absolute Gasteiger partial charge is 0.335 e. The summed E-state index contributed by atoms with van der Waals surface area (Å²) < 4.78 is 28.2. The molecule has 1 saturated heterocycles. The first-order chi connectivity index (χ1) is 11.5. The van der Waals surface area contributed by atoms with E-state index in [1.165, 1.54) is 22.3 Å². The van der Waals surface area contributed by atoms with Crippen molar-refractivity contribution >= 4 is 39.1 Å². The highest BCUT2D eigenvalue weighted by Gasteiger charge is 2.29. The van der Waals surface area contributed by atoms with Gasteiger partial charge in [-0.05, 0) is 39.5 Å². The van der Waals surface area contributed by atoms with Crippen molar-refractivity contribution in [1.29, 1.82) is 0 Å². The number of thiophene rings is 1. The molecule has 1 aromatic heterocycles. The zero-order valence-corrected chi connectivity index (χ0v) is 14.9. The first-order valence-corrected chi connectivity index (χ1v) is 8.92. The topological polar surface area (TPSA) is 40.6 Å². The molecule has 1 aliphatic heterocycles. The molecule has 4 nitrogen and oxygen atoms in total. The van der Waals surface area contributed by atoms with Gasteiger partial charge < -0.3 is 9.80 Å². The quantitative estimate of drug-likeness (QED) is 0.755. The molecule has 3 rings (SSSR count). The molecule has 8 heteroatoms. The molecule has 2 heterocycles. The maximum absolute atomic E-state index is 13.7. The number of rotatable bonds is 2. The fourth-order valence-electron chi connectivity index (χ4n) is 2.56. The highest BCUT2D eigenvalue weighted by molar-refractivity contribution is 9.10. The van der Waals surface area contributed by atoms with E-state index in [1.807, 2.05) is 5.38 Å². The Morgan fingerprint density at radius 2 is 1.50 bits per heavy atom. The van der Waals surface area contributed by atoms with Crippen LogP contribution in [0.25, 0.3) is 0 Å². The predicted molar refractivity (Wildman–Crippen MR) is 90.2 cm³/mol. The molecule has 0 saturated carbocycles. The Morgan fingerprint density at radius 1 is 0.958 bits per heavy atom. The first kappa shape index (κ1) is 17.0. The Bertz CT molecular complexity index is 768. The predicted octanol–water partition coefficient (Wildman–Crippen LogP) is 3.39. The summed E-state index contributed by atoms with van der Waals surface area (Å²) >= 11 is 4.67. The molecule has 0 spiro atoms. The number of amides is 2. The zero-order chi connectivity index (χ0) is 17.3. The third-order valence-electron chi connectivity index (χ3n) is 3.84. The highest BCUT2D eigenvalue weighted by Crippen LogP contribution is 2.25. The Kier molecular flexibility index (Phi) is 4.96. The van der Waals surface area contributed by atoms with E-state index in [2.05, 4.69) is 15.9 Å². The average molecular weight is 415 g/mol. The third-order valence-corrected chi connectivity index (χ3v) is 5.67. The van der Waals surface area contributed by atoms with Crippen molar-refractivity contribution in [1.82, 2.24) is 9.80 Å². The number of hydrogen-bond donors (Lipinski definition) is 0. The molecule has 0 radical (unpaired) electrons. The molecule has 126 valence electrons. The lowest BCUT2D eigenvalue weighted by Crippen LogP contribution is -2.50. The number of halogens is 3. The first-order valence-electron chi connectivity index (χ1n) is 7.24. The summed E-state index contributed by atoms with van der Waals surface area (Å²) in [4.78, 5) is 28.4. The zero-order valence-electron chi connectivity index (χ0n) is 12.5. The lowest BCUT2D eigenvalue weighted by atomic mass is 10.1. The van der Waals surface area contributed by atoms with Gasteiger partial charge in [0.1, 0.15) is 22.1 Å². The second kappa shape index (κ2) is 6.98. The van der Waals surface area contributed by atoms with Gasteiger partial charge in [-0.2, -0.15) is 0 Å². The van der Waals surface area contributed by atoms with E-state index in [4.69, 9.17) is 0 Å². The monoisotopic (exact) mass is 414 g/mol. The fourth-order valence-corrected chi connectivity index (χ4v) is 4.07. The summed E-state index contributed by atoms with van der Waals surface area (Å²) in [5, 5.41) is 1.82. The van der Waals surface area contributed by atoms with Crippen LogP contribution in [0, 0.1) is 11.6 Å². The SMILES string of the molecule is O=C(c1sccc1Br)N1CCN(C(=O)c2c(F)cccc2F)CC1. The van der Waals surface area contributed by atoms with Crippen LogP contribution in [0.2, 0.25) is 0 Å². The van der Waals surface area contributed by atoms with Gasteiger partial charge in [-0.1, -0.05) is 6.07 Å². The molecule has 2 amide bonds. The van der Waals surface area contributed by atoms with Crippen LogP contribution in [-0.2, 0) is 0 Å². The molecular formula is C16H13BrF2N2O2S. The minimum Gasteiger partial charge on any atom is -0.335 e. The number of hydrogen-bond acceptors (Lipinski definition) is 3. The molecule has 2 aromatic rings. The molecule has 0 aliphatic carbocycles. The van der Waals surface area contributed by atoms with E-state index in [-0.39, 0.29) is 19.0 Å². The minimum atomic E-state index is -0.874. The lowest BCUT2D eigenvalue weighted by molar-refractivity contribution is 0.0532. The van der Waals surface area contributed by atoms with Gasteiger partial charge in [-0.25, -0.2) is 8.78 Å². The summed E-state index contributed by atoms with van der Waals surface area (Å²) in [7, 11) is 0. The summed E-state index contributed by atoms with van der Waals surface area (Å²) in [6.45, 7) is 1.12. The Labute approximate surface area is 149 Å². The van der Waals surface area contributed by atoms with Crippen LogP contribution in [0.5, 0.6) is 0 Å². The van der Waals surface area contributed by atoms with Crippen LogP contribution in [-0.4, -0.2) is 47.8 Å². The lowest BCUT2D eigenvalue weighted by Gasteiger charge is -2.34. The van der Waals surface area contributed by atoms with E-state index >= 15 is 0 Å². The van der Waals surface area contributed by atoms with Crippen molar-refractivity contribution in [2.24, 2.45) is 0 Å². The second-order valence-electron chi connectivity index (χ2n) is 5.28. The fraction of sp³-hybridized carbons (Fsp3) is 0.250. The number of carbonyl (C=O) groups excluding carboxylic acids is 2. The Morgan fingerprint density at radius 3 is 2.00 bits per heavy atom.